The van der Waals surface area contributed by atoms with Crippen LogP contribution in [0.25, 0.3) is 22.2 Å². The first-order chi connectivity index (χ1) is 13.5. The van der Waals surface area contributed by atoms with Gasteiger partial charge in [-0.05, 0) is 12.1 Å². The number of rotatable bonds is 3. The number of H-pyrrole nitrogens is 1. The minimum absolute atomic E-state index is 0.00660. The van der Waals surface area contributed by atoms with Crippen molar-refractivity contribution >= 4 is 22.7 Å². The van der Waals surface area contributed by atoms with E-state index in [-0.39, 0.29) is 5.84 Å². The number of pyridine rings is 1. The van der Waals surface area contributed by atoms with Crippen LogP contribution in [0.5, 0.6) is 0 Å². The Kier molecular flexibility index (Phi) is 4.26. The van der Waals surface area contributed by atoms with Crippen LogP contribution in [0.2, 0.25) is 0 Å². The zero-order valence-electron chi connectivity index (χ0n) is 15.7. The first-order valence-corrected chi connectivity index (χ1v) is 8.60. The number of hydrogen-bond donors (Lipinski definition) is 3. The van der Waals surface area contributed by atoms with Crippen molar-refractivity contribution < 1.29 is 4.39 Å². The summed E-state index contributed by atoms with van der Waals surface area (Å²) >= 11 is 0. The number of aromatic amines is 1. The van der Waals surface area contributed by atoms with E-state index >= 15 is 0 Å². The number of aliphatic imine (C=N–C) groups is 1. The fourth-order valence-corrected chi connectivity index (χ4v) is 3.12. The number of aromatic nitrogens is 5. The average Bonchev–Trinajstić information content (AvgIpc) is 3.37. The van der Waals surface area contributed by atoms with Crippen LogP contribution in [-0.4, -0.2) is 43.0 Å². The Labute approximate surface area is 160 Å². The van der Waals surface area contributed by atoms with Crippen molar-refractivity contribution in [2.45, 2.75) is 0 Å². The van der Waals surface area contributed by atoms with Crippen LogP contribution in [0.3, 0.4) is 0 Å². The van der Waals surface area contributed by atoms with Crippen LogP contribution in [-0.2, 0) is 14.1 Å². The highest BCUT2D eigenvalue weighted by Crippen LogP contribution is 2.22. The normalized spacial score (nSPS) is 11.9. The first-order valence-electron chi connectivity index (χ1n) is 8.60. The van der Waals surface area contributed by atoms with Gasteiger partial charge in [-0.25, -0.2) is 14.4 Å². The molecule has 0 aliphatic carbocycles. The number of hydrogen-bond acceptors (Lipinski definition) is 3. The maximum Gasteiger partial charge on any atom is 0.156 e. The number of fused-ring (bicyclic) bond motifs is 1. The summed E-state index contributed by atoms with van der Waals surface area (Å²) in [5.74, 6) is 0.0796. The van der Waals surface area contributed by atoms with Crippen LogP contribution < -0.4 is 5.32 Å². The Morgan fingerprint density at radius 3 is 2.75 bits per heavy atom. The van der Waals surface area contributed by atoms with Crippen molar-refractivity contribution in [1.29, 1.82) is 5.41 Å². The van der Waals surface area contributed by atoms with Gasteiger partial charge in [-0.2, -0.15) is 5.10 Å². The molecule has 9 heteroatoms. The zero-order valence-corrected chi connectivity index (χ0v) is 15.7. The second kappa shape index (κ2) is 6.76. The molecule has 28 heavy (non-hydrogen) atoms. The van der Waals surface area contributed by atoms with Gasteiger partial charge in [0.25, 0.3) is 0 Å². The molecule has 0 fully saturated rings. The van der Waals surface area contributed by atoms with Gasteiger partial charge in [-0.1, -0.05) is 0 Å². The van der Waals surface area contributed by atoms with Crippen LogP contribution >= 0.6 is 0 Å². The van der Waals surface area contributed by atoms with E-state index in [4.69, 9.17) is 5.41 Å². The molecule has 0 aromatic carbocycles. The van der Waals surface area contributed by atoms with E-state index in [1.54, 1.807) is 24.1 Å². The largest absolute Gasteiger partial charge is 0.371 e. The van der Waals surface area contributed by atoms with Gasteiger partial charge in [0, 0.05) is 61.8 Å². The van der Waals surface area contributed by atoms with Crippen LogP contribution in [0.15, 0.2) is 48.1 Å². The predicted octanol–water partition coefficient (Wildman–Crippen LogP) is 2.43. The van der Waals surface area contributed by atoms with Crippen molar-refractivity contribution in [2.24, 2.45) is 19.1 Å². The monoisotopic (exact) mass is 378 g/mol. The standard InChI is InChI=1S/C19H19FN8/c1-22-19(16-4-11(9-27(16)2)12-6-25-28(3)10-12)26-17(21)15-8-24-18-14(15)5-13(20)7-23-18/h4-10H,1-3H3,(H,23,24)(H2,21,22,26). The molecule has 0 amide bonds. The highest BCUT2D eigenvalue weighted by atomic mass is 19.1. The molecule has 142 valence electrons. The predicted molar refractivity (Wildman–Crippen MR) is 106 cm³/mol. The second-order valence-corrected chi connectivity index (χ2v) is 6.44. The quantitative estimate of drug-likeness (QED) is 0.377. The minimum Gasteiger partial charge on any atom is -0.371 e. The third-order valence-electron chi connectivity index (χ3n) is 4.50. The Morgan fingerprint density at radius 1 is 1.21 bits per heavy atom. The van der Waals surface area contributed by atoms with Gasteiger partial charge in [0.1, 0.15) is 11.5 Å². The zero-order chi connectivity index (χ0) is 19.8. The van der Waals surface area contributed by atoms with Crippen molar-refractivity contribution in [3.8, 4) is 11.1 Å². The van der Waals surface area contributed by atoms with Crippen LogP contribution in [0.1, 0.15) is 11.3 Å². The molecule has 0 bridgehead atoms. The summed E-state index contributed by atoms with van der Waals surface area (Å²) in [4.78, 5) is 11.4. The van der Waals surface area contributed by atoms with E-state index < -0.39 is 5.82 Å². The Morgan fingerprint density at radius 2 is 2.04 bits per heavy atom. The molecule has 8 nitrogen and oxygen atoms in total. The fourth-order valence-electron chi connectivity index (χ4n) is 3.12. The van der Waals surface area contributed by atoms with Crippen molar-refractivity contribution in [3.63, 3.8) is 0 Å². The maximum absolute atomic E-state index is 13.6. The summed E-state index contributed by atoms with van der Waals surface area (Å²) in [5, 5.41) is 16.2. The van der Waals surface area contributed by atoms with E-state index in [1.807, 2.05) is 37.1 Å². The summed E-state index contributed by atoms with van der Waals surface area (Å²) in [7, 11) is 5.53. The number of amidine groups is 2. The summed E-state index contributed by atoms with van der Waals surface area (Å²) in [6, 6.07) is 3.33. The fraction of sp³-hybridized carbons (Fsp3) is 0.158. The molecule has 4 aromatic heterocycles. The summed E-state index contributed by atoms with van der Waals surface area (Å²) < 4.78 is 17.2. The van der Waals surface area contributed by atoms with Gasteiger partial charge >= 0.3 is 0 Å². The number of nitrogens with one attached hydrogen (secondary N) is 3. The molecule has 0 saturated carbocycles. The highest BCUT2D eigenvalue weighted by molar-refractivity contribution is 6.14. The van der Waals surface area contributed by atoms with Crippen molar-refractivity contribution in [1.82, 2.24) is 29.6 Å². The lowest BCUT2D eigenvalue weighted by Gasteiger charge is -2.07. The molecule has 0 aliphatic heterocycles. The van der Waals surface area contributed by atoms with Gasteiger partial charge in [0.05, 0.1) is 18.1 Å². The molecule has 0 atom stereocenters. The molecule has 0 radical (unpaired) electrons. The third kappa shape index (κ3) is 3.07. The molecular formula is C19H19FN8. The average molecular weight is 378 g/mol. The van der Waals surface area contributed by atoms with E-state index in [0.29, 0.717) is 22.4 Å². The van der Waals surface area contributed by atoms with Gasteiger partial charge in [-0.15, -0.1) is 0 Å². The molecular weight excluding hydrogens is 359 g/mol. The SMILES string of the molecule is CN/C(=N/C(=N)c1c[nH]c2ncc(F)cc12)c1cc(-c2cnn(C)c2)cn1C. The summed E-state index contributed by atoms with van der Waals surface area (Å²) in [6.07, 6.45) is 8.46. The Bertz CT molecular complexity index is 1210. The van der Waals surface area contributed by atoms with Crippen molar-refractivity contribution in [2.75, 3.05) is 7.05 Å². The highest BCUT2D eigenvalue weighted by Gasteiger charge is 2.15. The maximum atomic E-state index is 13.6. The van der Waals surface area contributed by atoms with Gasteiger partial charge in [0.15, 0.2) is 11.7 Å². The molecule has 0 unspecified atom stereocenters. The Balaban J connectivity index is 1.72. The van der Waals surface area contributed by atoms with Crippen molar-refractivity contribution in [3.05, 3.63) is 60.2 Å². The molecule has 3 N–H and O–H groups in total. The molecule has 0 aliphatic rings. The summed E-state index contributed by atoms with van der Waals surface area (Å²) in [5.41, 5.74) is 3.80. The third-order valence-corrected chi connectivity index (χ3v) is 4.50. The molecule has 0 spiro atoms. The minimum atomic E-state index is -0.456. The van der Waals surface area contributed by atoms with E-state index in [1.165, 1.54) is 6.07 Å². The van der Waals surface area contributed by atoms with Gasteiger partial charge in [-0.3, -0.25) is 10.1 Å². The number of aryl methyl sites for hydroxylation is 2. The van der Waals surface area contributed by atoms with E-state index in [0.717, 1.165) is 23.0 Å². The lowest BCUT2D eigenvalue weighted by molar-refractivity contribution is 0.624. The van der Waals surface area contributed by atoms with E-state index in [2.05, 4.69) is 25.4 Å². The summed E-state index contributed by atoms with van der Waals surface area (Å²) in [6.45, 7) is 0. The second-order valence-electron chi connectivity index (χ2n) is 6.44. The molecule has 4 rings (SSSR count). The van der Waals surface area contributed by atoms with Crippen LogP contribution in [0, 0.1) is 11.2 Å². The van der Waals surface area contributed by atoms with Crippen LogP contribution in [0.4, 0.5) is 4.39 Å². The Hall–Kier alpha value is -3.75. The number of nitrogens with zero attached hydrogens (tertiary/aromatic N) is 5. The van der Waals surface area contributed by atoms with Gasteiger partial charge < -0.3 is 14.9 Å². The molecule has 4 heterocycles. The van der Waals surface area contributed by atoms with Gasteiger partial charge in [0.2, 0.25) is 0 Å². The topological polar surface area (TPSA) is 99.7 Å². The smallest absolute Gasteiger partial charge is 0.156 e. The lowest BCUT2D eigenvalue weighted by Crippen LogP contribution is -2.23. The number of halogens is 1. The lowest BCUT2D eigenvalue weighted by atomic mass is 10.2. The van der Waals surface area contributed by atoms with E-state index in [9.17, 15) is 4.39 Å². The first kappa shape index (κ1) is 17.7. The molecule has 4 aromatic rings. The molecule has 0 saturated heterocycles.